The van der Waals surface area contributed by atoms with Crippen LogP contribution >= 0.6 is 0 Å². The lowest BCUT2D eigenvalue weighted by Crippen LogP contribution is -2.07. The lowest BCUT2D eigenvalue weighted by molar-refractivity contribution is 0.0463. The minimum Gasteiger partial charge on any atom is -0.461 e. The summed E-state index contributed by atoms with van der Waals surface area (Å²) in [4.78, 5) is 73.1. The molecule has 0 saturated heterocycles. The molecular weight excluding hydrogens is 578 g/mol. The number of rotatable bonds is 13. The molecule has 0 saturated carbocycles. The Hall–Kier alpha value is -5.19. The van der Waals surface area contributed by atoms with Gasteiger partial charge in [-0.15, -0.1) is 0 Å². The number of carbonyl (C=O) groups excluding carboxylic acids is 5. The molecule has 4 aromatic rings. The molecule has 45 heavy (non-hydrogen) atoms. The van der Waals surface area contributed by atoms with Crippen LogP contribution in [0.4, 0.5) is 0 Å². The summed E-state index contributed by atoms with van der Waals surface area (Å²) in [6.07, 6.45) is 0.239. The summed E-state index contributed by atoms with van der Waals surface area (Å²) in [6, 6.07) is 10.9. The van der Waals surface area contributed by atoms with Crippen LogP contribution in [0, 0.1) is 13.8 Å². The van der Waals surface area contributed by atoms with Gasteiger partial charge in [-0.2, -0.15) is 0 Å². The Morgan fingerprint density at radius 3 is 1.64 bits per heavy atom. The van der Waals surface area contributed by atoms with Gasteiger partial charge in [-0.25, -0.2) is 14.4 Å². The van der Waals surface area contributed by atoms with E-state index in [0.29, 0.717) is 44.9 Å². The maximum atomic E-state index is 13.2. The first-order valence-electron chi connectivity index (χ1n) is 14.7. The monoisotopic (exact) mass is 615 g/mol. The second-order valence-electron chi connectivity index (χ2n) is 10.6. The summed E-state index contributed by atoms with van der Waals surface area (Å²) in [6.45, 7) is 9.94. The van der Waals surface area contributed by atoms with Gasteiger partial charge in [0, 0.05) is 41.1 Å². The molecule has 3 N–H and O–H groups in total. The van der Waals surface area contributed by atoms with Gasteiger partial charge in [0.25, 0.3) is 0 Å². The highest BCUT2D eigenvalue weighted by Crippen LogP contribution is 2.28. The van der Waals surface area contributed by atoms with Crippen LogP contribution in [0.2, 0.25) is 0 Å². The third kappa shape index (κ3) is 7.14. The molecule has 236 valence electrons. The molecule has 0 fully saturated rings. The largest absolute Gasteiger partial charge is 0.461 e. The van der Waals surface area contributed by atoms with Gasteiger partial charge in [0.15, 0.2) is 11.6 Å². The van der Waals surface area contributed by atoms with Crippen LogP contribution in [0.5, 0.6) is 0 Å². The summed E-state index contributed by atoms with van der Waals surface area (Å²) in [5, 5.41) is 0. The van der Waals surface area contributed by atoms with Crippen molar-refractivity contribution in [3.05, 3.63) is 104 Å². The highest BCUT2D eigenvalue weighted by molar-refractivity contribution is 6.02. The quantitative estimate of drug-likeness (QED) is 0.0997. The van der Waals surface area contributed by atoms with E-state index in [4.69, 9.17) is 14.2 Å². The number of aromatic nitrogens is 3. The number of H-pyrrole nitrogens is 3. The van der Waals surface area contributed by atoms with Gasteiger partial charge in [-0.05, 0) is 69.9 Å². The van der Waals surface area contributed by atoms with Crippen LogP contribution in [-0.2, 0) is 33.7 Å². The Balaban J connectivity index is 1.78. The van der Waals surface area contributed by atoms with Crippen molar-refractivity contribution in [1.29, 1.82) is 0 Å². The highest BCUT2D eigenvalue weighted by atomic mass is 16.5. The zero-order valence-electron chi connectivity index (χ0n) is 26.3. The smallest absolute Gasteiger partial charge is 0.355 e. The number of hydrogen-bond donors (Lipinski definition) is 3. The standard InChI is InChI=1S/C34H37N3O8/c1-7-43-33(41)30-18(3)28(20(5)38)25(36-30)14-23-15-27(32(40)45-17-22-12-10-9-11-13-22)35-24(23)16-26-29(21(6)39)19(4)31(37-26)34(42)44-8-2/h9-13,15,35-37H,7-8,14,16-17H2,1-6H3. The maximum Gasteiger partial charge on any atom is 0.355 e. The number of aromatic amines is 3. The van der Waals surface area contributed by atoms with Crippen LogP contribution in [0.25, 0.3) is 0 Å². The van der Waals surface area contributed by atoms with E-state index in [2.05, 4.69) is 15.0 Å². The summed E-state index contributed by atoms with van der Waals surface area (Å²) >= 11 is 0. The van der Waals surface area contributed by atoms with Gasteiger partial charge in [-0.1, -0.05) is 30.3 Å². The van der Waals surface area contributed by atoms with E-state index >= 15 is 0 Å². The molecule has 3 heterocycles. The Labute approximate surface area is 260 Å². The van der Waals surface area contributed by atoms with Gasteiger partial charge < -0.3 is 29.2 Å². The van der Waals surface area contributed by atoms with E-state index in [1.165, 1.54) is 13.8 Å². The first kappa shape index (κ1) is 32.7. The maximum absolute atomic E-state index is 13.2. The van der Waals surface area contributed by atoms with E-state index < -0.39 is 17.9 Å². The van der Waals surface area contributed by atoms with Crippen LogP contribution in [0.3, 0.4) is 0 Å². The molecule has 0 radical (unpaired) electrons. The van der Waals surface area contributed by atoms with Gasteiger partial charge in [0.1, 0.15) is 23.7 Å². The molecule has 0 unspecified atom stereocenters. The van der Waals surface area contributed by atoms with Crippen molar-refractivity contribution in [2.75, 3.05) is 13.2 Å². The molecule has 3 aromatic heterocycles. The molecular formula is C34H37N3O8. The summed E-state index contributed by atoms with van der Waals surface area (Å²) in [7, 11) is 0. The Kier molecular flexibility index (Phi) is 10.2. The van der Waals surface area contributed by atoms with E-state index in [-0.39, 0.29) is 61.3 Å². The minimum atomic E-state index is -0.602. The number of hydrogen-bond acceptors (Lipinski definition) is 8. The number of esters is 3. The van der Waals surface area contributed by atoms with Crippen LogP contribution in [-0.4, -0.2) is 57.6 Å². The Bertz CT molecular complexity index is 1660. The van der Waals surface area contributed by atoms with Crippen molar-refractivity contribution >= 4 is 29.5 Å². The molecule has 11 heteroatoms. The number of carbonyl (C=O) groups is 5. The zero-order valence-corrected chi connectivity index (χ0v) is 26.3. The van der Waals surface area contributed by atoms with Gasteiger partial charge >= 0.3 is 17.9 Å². The fourth-order valence-corrected chi connectivity index (χ4v) is 5.48. The van der Waals surface area contributed by atoms with Crippen LogP contribution in [0.15, 0.2) is 36.4 Å². The van der Waals surface area contributed by atoms with E-state index in [9.17, 15) is 24.0 Å². The first-order chi connectivity index (χ1) is 21.5. The number of Topliss-reactive ketones (excluding diaryl/α,β-unsaturated/α-hetero) is 2. The molecule has 0 aliphatic rings. The molecule has 11 nitrogen and oxygen atoms in total. The van der Waals surface area contributed by atoms with Crippen molar-refractivity contribution in [3.63, 3.8) is 0 Å². The summed E-state index contributed by atoms with van der Waals surface area (Å²) < 4.78 is 15.9. The molecule has 1 aromatic carbocycles. The molecule has 0 atom stereocenters. The normalized spacial score (nSPS) is 10.9. The third-order valence-corrected chi connectivity index (χ3v) is 7.46. The summed E-state index contributed by atoms with van der Waals surface area (Å²) in [5.41, 5.74) is 5.02. The predicted molar refractivity (Wildman–Crippen MR) is 165 cm³/mol. The molecule has 0 bridgehead atoms. The number of ketones is 2. The molecule has 0 spiro atoms. The molecule has 0 aliphatic heterocycles. The van der Waals surface area contributed by atoms with Crippen LogP contribution < -0.4 is 0 Å². The molecule has 0 amide bonds. The lowest BCUT2D eigenvalue weighted by atomic mass is 9.99. The molecule has 0 aliphatic carbocycles. The van der Waals surface area contributed by atoms with E-state index in [1.807, 2.05) is 30.3 Å². The fourth-order valence-electron chi connectivity index (χ4n) is 5.48. The number of nitrogens with one attached hydrogen (secondary N) is 3. The lowest BCUT2D eigenvalue weighted by Gasteiger charge is -2.07. The Morgan fingerprint density at radius 2 is 1.16 bits per heavy atom. The van der Waals surface area contributed by atoms with Crippen molar-refractivity contribution in [1.82, 2.24) is 15.0 Å². The summed E-state index contributed by atoms with van der Waals surface area (Å²) in [5.74, 6) is -2.26. The second-order valence-corrected chi connectivity index (χ2v) is 10.6. The van der Waals surface area contributed by atoms with Crippen molar-refractivity contribution in [3.8, 4) is 0 Å². The zero-order chi connectivity index (χ0) is 32.8. The van der Waals surface area contributed by atoms with Gasteiger partial charge in [0.2, 0.25) is 0 Å². The number of benzene rings is 1. The fraction of sp³-hybridized carbons (Fsp3) is 0.324. The highest BCUT2D eigenvalue weighted by Gasteiger charge is 2.27. The first-order valence-corrected chi connectivity index (χ1v) is 14.7. The SMILES string of the molecule is CCOC(=O)c1[nH]c(Cc2cc(C(=O)OCc3ccccc3)[nH]c2Cc2[nH]c(C(=O)OCC)c(C)c2C(C)=O)c(C(C)=O)c1C. The average Bonchev–Trinajstić information content (AvgIpc) is 3.65. The van der Waals surface area contributed by atoms with Gasteiger partial charge in [0.05, 0.1) is 13.2 Å². The number of ether oxygens (including phenoxy) is 3. The van der Waals surface area contributed by atoms with Crippen LogP contribution in [0.1, 0.15) is 119 Å². The van der Waals surface area contributed by atoms with Crippen molar-refractivity contribution < 1.29 is 38.2 Å². The van der Waals surface area contributed by atoms with Crippen molar-refractivity contribution in [2.45, 2.75) is 61.0 Å². The minimum absolute atomic E-state index is 0.0593. The molecule has 4 rings (SSSR count). The van der Waals surface area contributed by atoms with Crippen molar-refractivity contribution in [2.24, 2.45) is 0 Å². The van der Waals surface area contributed by atoms with E-state index in [1.54, 1.807) is 33.8 Å². The average molecular weight is 616 g/mol. The Morgan fingerprint density at radius 1 is 0.644 bits per heavy atom. The topological polar surface area (TPSA) is 160 Å². The predicted octanol–water partition coefficient (Wildman–Crippen LogP) is 5.58. The van der Waals surface area contributed by atoms with Gasteiger partial charge in [-0.3, -0.25) is 9.59 Å². The second kappa shape index (κ2) is 14.1. The third-order valence-electron chi connectivity index (χ3n) is 7.46. The van der Waals surface area contributed by atoms with E-state index in [0.717, 1.165) is 5.56 Å².